The molecule has 0 aliphatic rings. The lowest BCUT2D eigenvalue weighted by Gasteiger charge is -2.28. The van der Waals surface area contributed by atoms with E-state index < -0.39 is 0 Å². The van der Waals surface area contributed by atoms with E-state index in [1.54, 1.807) is 0 Å². The van der Waals surface area contributed by atoms with Crippen molar-refractivity contribution < 1.29 is 4.42 Å². The van der Waals surface area contributed by atoms with Gasteiger partial charge >= 0.3 is 0 Å². The summed E-state index contributed by atoms with van der Waals surface area (Å²) >= 11 is 0. The molecule has 0 amide bonds. The Morgan fingerprint density at radius 3 is 1.56 bits per heavy atom. The van der Waals surface area contributed by atoms with Gasteiger partial charge < -0.3 is 9.32 Å². The van der Waals surface area contributed by atoms with Gasteiger partial charge in [0.1, 0.15) is 11.2 Å². The van der Waals surface area contributed by atoms with E-state index in [2.05, 4.69) is 193 Å². The lowest BCUT2D eigenvalue weighted by atomic mass is 9.98. The molecule has 0 fully saturated rings. The van der Waals surface area contributed by atoms with Gasteiger partial charge in [0.2, 0.25) is 0 Å². The minimum Gasteiger partial charge on any atom is -0.455 e. The minimum absolute atomic E-state index is 0.896. The number of rotatable bonds is 6. The van der Waals surface area contributed by atoms with Gasteiger partial charge in [-0.15, -0.1) is 0 Å². The van der Waals surface area contributed by atoms with Crippen molar-refractivity contribution in [2.75, 3.05) is 4.90 Å². The topological polar surface area (TPSA) is 16.4 Å². The fourth-order valence-corrected chi connectivity index (χ4v) is 6.88. The van der Waals surface area contributed by atoms with Crippen LogP contribution in [-0.4, -0.2) is 0 Å². The summed E-state index contributed by atoms with van der Waals surface area (Å²) in [5.74, 6) is 0. The Hall–Kier alpha value is -6.38. The number of para-hydroxylation sites is 1. The Bertz CT molecular complexity index is 2450. The van der Waals surface area contributed by atoms with Gasteiger partial charge in [-0.2, -0.15) is 0 Å². The molecule has 226 valence electrons. The highest BCUT2D eigenvalue weighted by Crippen LogP contribution is 2.43. The second-order valence-electron chi connectivity index (χ2n) is 12.2. The first-order valence-electron chi connectivity index (χ1n) is 16.3. The maximum Gasteiger partial charge on any atom is 0.143 e. The summed E-state index contributed by atoms with van der Waals surface area (Å²) in [6, 6.07) is 66.9. The number of anilines is 3. The van der Waals surface area contributed by atoms with Gasteiger partial charge in [-0.3, -0.25) is 0 Å². The number of hydrogen-bond acceptors (Lipinski definition) is 2. The number of fused-ring (bicyclic) bond motifs is 5. The second-order valence-corrected chi connectivity index (χ2v) is 12.2. The van der Waals surface area contributed by atoms with E-state index in [9.17, 15) is 0 Å². The molecule has 0 N–H and O–H groups in total. The third-order valence-electron chi connectivity index (χ3n) is 9.28. The predicted molar refractivity (Wildman–Crippen MR) is 202 cm³/mol. The van der Waals surface area contributed by atoms with E-state index in [1.807, 2.05) is 0 Å². The second kappa shape index (κ2) is 11.8. The van der Waals surface area contributed by atoms with Crippen LogP contribution in [0.25, 0.3) is 66.1 Å². The third-order valence-corrected chi connectivity index (χ3v) is 9.28. The lowest BCUT2D eigenvalue weighted by Crippen LogP contribution is -2.11. The zero-order valence-electron chi connectivity index (χ0n) is 26.3. The van der Waals surface area contributed by atoms with E-state index in [0.717, 1.165) is 55.5 Å². The maximum absolute atomic E-state index is 6.46. The summed E-state index contributed by atoms with van der Waals surface area (Å²) in [7, 11) is 0. The van der Waals surface area contributed by atoms with Crippen LogP contribution >= 0.6 is 0 Å². The maximum atomic E-state index is 6.46. The smallest absolute Gasteiger partial charge is 0.143 e. The molecule has 8 aromatic carbocycles. The first-order chi connectivity index (χ1) is 23.8. The lowest BCUT2D eigenvalue weighted by molar-refractivity contribution is 0.672. The number of benzene rings is 8. The van der Waals surface area contributed by atoms with Crippen molar-refractivity contribution in [3.8, 4) is 33.4 Å². The molecule has 0 saturated heterocycles. The van der Waals surface area contributed by atoms with Gasteiger partial charge in [0, 0.05) is 33.1 Å². The van der Waals surface area contributed by atoms with Crippen molar-refractivity contribution >= 4 is 49.8 Å². The fraction of sp³-hybridized carbons (Fsp3) is 0. The van der Waals surface area contributed by atoms with Crippen LogP contribution in [-0.2, 0) is 0 Å². The molecule has 9 aromatic rings. The Labute approximate surface area is 279 Å². The van der Waals surface area contributed by atoms with E-state index >= 15 is 0 Å². The van der Waals surface area contributed by atoms with Crippen LogP contribution in [0.15, 0.2) is 192 Å². The monoisotopic (exact) mass is 613 g/mol. The normalized spacial score (nSPS) is 11.3. The molecule has 0 spiro atoms. The molecule has 0 aliphatic carbocycles. The zero-order valence-corrected chi connectivity index (χ0v) is 26.3. The van der Waals surface area contributed by atoms with E-state index in [-0.39, 0.29) is 0 Å². The van der Waals surface area contributed by atoms with Crippen LogP contribution in [0.2, 0.25) is 0 Å². The van der Waals surface area contributed by atoms with Crippen molar-refractivity contribution in [3.63, 3.8) is 0 Å². The highest BCUT2D eigenvalue weighted by molar-refractivity contribution is 6.15. The average Bonchev–Trinajstić information content (AvgIpc) is 3.55. The Morgan fingerprint density at radius 2 is 0.896 bits per heavy atom. The van der Waals surface area contributed by atoms with Crippen molar-refractivity contribution in [1.29, 1.82) is 0 Å². The molecule has 0 radical (unpaired) electrons. The fourth-order valence-electron chi connectivity index (χ4n) is 6.88. The summed E-state index contributed by atoms with van der Waals surface area (Å²) in [5.41, 5.74) is 12.2. The van der Waals surface area contributed by atoms with Gasteiger partial charge in [-0.05, 0) is 81.7 Å². The first-order valence-corrected chi connectivity index (χ1v) is 16.3. The molecule has 0 aliphatic heterocycles. The number of hydrogen-bond donors (Lipinski definition) is 0. The van der Waals surface area contributed by atoms with Gasteiger partial charge in [0.25, 0.3) is 0 Å². The van der Waals surface area contributed by atoms with Crippen LogP contribution in [0.4, 0.5) is 17.1 Å². The van der Waals surface area contributed by atoms with Crippen LogP contribution < -0.4 is 4.90 Å². The van der Waals surface area contributed by atoms with Gasteiger partial charge in [0.15, 0.2) is 0 Å². The summed E-state index contributed by atoms with van der Waals surface area (Å²) in [6.07, 6.45) is 0. The number of furan rings is 1. The summed E-state index contributed by atoms with van der Waals surface area (Å²) in [6.45, 7) is 0. The summed E-state index contributed by atoms with van der Waals surface area (Å²) in [4.78, 5) is 2.37. The van der Waals surface area contributed by atoms with Gasteiger partial charge in [-0.1, -0.05) is 140 Å². The Kier molecular flexibility index (Phi) is 6.84. The van der Waals surface area contributed by atoms with Crippen LogP contribution in [0.1, 0.15) is 0 Å². The highest BCUT2D eigenvalue weighted by atomic mass is 16.3. The molecule has 0 saturated carbocycles. The van der Waals surface area contributed by atoms with E-state index in [4.69, 9.17) is 4.42 Å². The van der Waals surface area contributed by atoms with Gasteiger partial charge in [-0.25, -0.2) is 0 Å². The quantitative estimate of drug-likeness (QED) is 0.185. The van der Waals surface area contributed by atoms with Crippen LogP contribution in [0, 0.1) is 0 Å². The molecular weight excluding hydrogens is 583 g/mol. The molecule has 2 heteroatoms. The molecule has 1 aromatic heterocycles. The average molecular weight is 614 g/mol. The SMILES string of the molecule is c1ccc(-c2ccc(N(c3ccc(-c4ccccc4)cc3)c3ccccc3-c3ccc4oc5c6ccccc6ccc5c4c3)cc2)cc1. The van der Waals surface area contributed by atoms with Crippen molar-refractivity contribution in [3.05, 3.63) is 188 Å². The zero-order chi connectivity index (χ0) is 31.9. The standard InChI is InChI=1S/C46H31NO/c1-3-11-32(12-4-1)34-19-25-38(26-20-34)47(39-27-21-35(22-28-39)33-13-5-2-6-14-33)44-18-10-9-16-40(44)37-24-30-45-43(31-37)42-29-23-36-15-7-8-17-41(36)46(42)48-45/h1-31H. The third kappa shape index (κ3) is 4.92. The van der Waals surface area contributed by atoms with Gasteiger partial charge in [0.05, 0.1) is 5.69 Å². The molecule has 9 rings (SSSR count). The van der Waals surface area contributed by atoms with Crippen molar-refractivity contribution in [2.45, 2.75) is 0 Å². The summed E-state index contributed by atoms with van der Waals surface area (Å²) < 4.78 is 6.46. The summed E-state index contributed by atoms with van der Waals surface area (Å²) in [5, 5.41) is 4.57. The largest absolute Gasteiger partial charge is 0.455 e. The molecular formula is C46H31NO. The molecule has 1 heterocycles. The molecule has 0 bridgehead atoms. The number of nitrogens with zero attached hydrogens (tertiary/aromatic N) is 1. The van der Waals surface area contributed by atoms with E-state index in [0.29, 0.717) is 0 Å². The first kappa shape index (κ1) is 27.9. The molecule has 0 unspecified atom stereocenters. The van der Waals surface area contributed by atoms with Crippen molar-refractivity contribution in [2.24, 2.45) is 0 Å². The van der Waals surface area contributed by atoms with Crippen molar-refractivity contribution in [1.82, 2.24) is 0 Å². The van der Waals surface area contributed by atoms with Crippen LogP contribution in [0.3, 0.4) is 0 Å². The minimum atomic E-state index is 0.896. The highest BCUT2D eigenvalue weighted by Gasteiger charge is 2.19. The van der Waals surface area contributed by atoms with Crippen LogP contribution in [0.5, 0.6) is 0 Å². The Balaban J connectivity index is 1.19. The molecule has 48 heavy (non-hydrogen) atoms. The predicted octanol–water partition coefficient (Wildman–Crippen LogP) is 13.2. The Morgan fingerprint density at radius 1 is 0.354 bits per heavy atom. The van der Waals surface area contributed by atoms with E-state index in [1.165, 1.54) is 27.6 Å². The molecule has 2 nitrogen and oxygen atoms in total. The molecule has 0 atom stereocenters.